The second kappa shape index (κ2) is 7.66. The first-order valence-electron chi connectivity index (χ1n) is 6.96. The molecule has 0 unspecified atom stereocenters. The number of thiazole rings is 1. The third-order valence-electron chi connectivity index (χ3n) is 3.31. The lowest BCUT2D eigenvalue weighted by Gasteiger charge is -2.05. The molecule has 0 fully saturated rings. The molecule has 7 heteroatoms. The van der Waals surface area contributed by atoms with Crippen molar-refractivity contribution in [3.05, 3.63) is 84.5 Å². The smallest absolute Gasteiger partial charge is 0.281 e. The summed E-state index contributed by atoms with van der Waals surface area (Å²) < 4.78 is 2.66. The number of hydrogen-bond acceptors (Lipinski definition) is 2. The van der Waals surface area contributed by atoms with Crippen LogP contribution in [0.2, 0.25) is 10.0 Å². The van der Waals surface area contributed by atoms with E-state index in [1.54, 1.807) is 18.2 Å². The molecule has 1 aromatic heterocycles. The van der Waals surface area contributed by atoms with Crippen molar-refractivity contribution in [1.82, 2.24) is 4.57 Å². The van der Waals surface area contributed by atoms with Gasteiger partial charge in [0.25, 0.3) is 5.91 Å². The highest BCUT2D eigenvalue weighted by Crippen LogP contribution is 2.21. The first-order chi connectivity index (χ1) is 11.5. The van der Waals surface area contributed by atoms with Crippen LogP contribution in [-0.4, -0.2) is 10.5 Å². The van der Waals surface area contributed by atoms with Gasteiger partial charge in [0.15, 0.2) is 4.80 Å². The summed E-state index contributed by atoms with van der Waals surface area (Å²) in [5.74, 6) is -0.378. The molecule has 1 heterocycles. The van der Waals surface area contributed by atoms with Gasteiger partial charge in [-0.05, 0) is 29.8 Å². The Kier molecular flexibility index (Phi) is 5.56. The van der Waals surface area contributed by atoms with Gasteiger partial charge in [-0.2, -0.15) is 4.99 Å². The molecule has 24 heavy (non-hydrogen) atoms. The largest absolute Gasteiger partial charge is 0.319 e. The van der Waals surface area contributed by atoms with Gasteiger partial charge in [-0.3, -0.25) is 4.79 Å². The number of amides is 1. The van der Waals surface area contributed by atoms with Gasteiger partial charge in [0, 0.05) is 21.1 Å². The van der Waals surface area contributed by atoms with Gasteiger partial charge < -0.3 is 4.57 Å². The molecule has 2 aromatic carbocycles. The molecule has 0 bridgehead atoms. The zero-order valence-corrected chi connectivity index (χ0v) is 16.2. The van der Waals surface area contributed by atoms with Crippen LogP contribution in [0.25, 0.3) is 0 Å². The van der Waals surface area contributed by atoms with E-state index in [1.165, 1.54) is 11.3 Å². The minimum Gasteiger partial charge on any atom is -0.319 e. The molecule has 122 valence electrons. The Morgan fingerprint density at radius 3 is 2.75 bits per heavy atom. The Hall–Kier alpha value is -1.40. The van der Waals surface area contributed by atoms with Crippen molar-refractivity contribution < 1.29 is 4.79 Å². The van der Waals surface area contributed by atoms with E-state index in [9.17, 15) is 4.79 Å². The van der Waals surface area contributed by atoms with E-state index in [-0.39, 0.29) is 5.91 Å². The lowest BCUT2D eigenvalue weighted by atomic mass is 10.2. The third kappa shape index (κ3) is 3.98. The normalized spacial score (nSPS) is 11.7. The summed E-state index contributed by atoms with van der Waals surface area (Å²) in [6.07, 6.45) is 1.88. The molecule has 0 aliphatic carbocycles. The highest BCUT2D eigenvalue weighted by atomic mass is 79.9. The number of benzene rings is 2. The molecule has 0 saturated carbocycles. The van der Waals surface area contributed by atoms with Crippen molar-refractivity contribution in [2.45, 2.75) is 6.54 Å². The van der Waals surface area contributed by atoms with E-state index in [4.69, 9.17) is 23.2 Å². The van der Waals surface area contributed by atoms with E-state index >= 15 is 0 Å². The lowest BCUT2D eigenvalue weighted by Crippen LogP contribution is -2.17. The molecule has 0 radical (unpaired) electrons. The maximum absolute atomic E-state index is 12.5. The number of carbonyl (C=O) groups is 1. The van der Waals surface area contributed by atoms with E-state index in [2.05, 4.69) is 20.9 Å². The summed E-state index contributed by atoms with van der Waals surface area (Å²) in [6.45, 7) is 0.543. The van der Waals surface area contributed by atoms with Gasteiger partial charge >= 0.3 is 0 Å². The van der Waals surface area contributed by atoms with Crippen LogP contribution in [0.5, 0.6) is 0 Å². The molecule has 0 aliphatic heterocycles. The van der Waals surface area contributed by atoms with Crippen molar-refractivity contribution in [3.8, 4) is 0 Å². The summed E-state index contributed by atoms with van der Waals surface area (Å²) >= 11 is 17.0. The molecule has 0 N–H and O–H groups in total. The minimum atomic E-state index is -0.378. The van der Waals surface area contributed by atoms with Crippen molar-refractivity contribution >= 4 is 56.4 Å². The van der Waals surface area contributed by atoms with E-state index in [0.29, 0.717) is 27.0 Å². The van der Waals surface area contributed by atoms with E-state index in [0.717, 1.165) is 10.0 Å². The Balaban J connectivity index is 1.95. The van der Waals surface area contributed by atoms with Gasteiger partial charge in [0.1, 0.15) is 0 Å². The quantitative estimate of drug-likeness (QED) is 0.535. The molecule has 0 atom stereocenters. The number of aromatic nitrogens is 1. The first-order valence-corrected chi connectivity index (χ1v) is 9.39. The maximum Gasteiger partial charge on any atom is 0.281 e. The van der Waals surface area contributed by atoms with Crippen LogP contribution in [0, 0.1) is 0 Å². The summed E-state index contributed by atoms with van der Waals surface area (Å²) in [5, 5.41) is 2.94. The summed E-state index contributed by atoms with van der Waals surface area (Å²) in [5.41, 5.74) is 1.33. The number of hydrogen-bond donors (Lipinski definition) is 0. The Morgan fingerprint density at radius 1 is 1.17 bits per heavy atom. The maximum atomic E-state index is 12.5. The van der Waals surface area contributed by atoms with Gasteiger partial charge in [-0.25, -0.2) is 0 Å². The van der Waals surface area contributed by atoms with Crippen LogP contribution >= 0.6 is 50.5 Å². The van der Waals surface area contributed by atoms with Crippen molar-refractivity contribution in [3.63, 3.8) is 0 Å². The Labute approximate surface area is 161 Å². The second-order valence-electron chi connectivity index (χ2n) is 4.95. The average Bonchev–Trinajstić information content (AvgIpc) is 2.99. The van der Waals surface area contributed by atoms with Gasteiger partial charge in [0.2, 0.25) is 0 Å². The fourth-order valence-corrected chi connectivity index (χ4v) is 3.61. The highest BCUT2D eigenvalue weighted by Gasteiger charge is 2.11. The zero-order valence-electron chi connectivity index (χ0n) is 12.2. The minimum absolute atomic E-state index is 0.365. The summed E-state index contributed by atoms with van der Waals surface area (Å²) in [6, 6.07) is 12.7. The topological polar surface area (TPSA) is 34.4 Å². The number of halogens is 3. The predicted molar refractivity (Wildman–Crippen MR) is 102 cm³/mol. The van der Waals surface area contributed by atoms with Crippen LogP contribution in [0.4, 0.5) is 0 Å². The number of nitrogens with zero attached hydrogens (tertiary/aromatic N) is 2. The molecule has 3 nitrogen and oxygen atoms in total. The van der Waals surface area contributed by atoms with Crippen molar-refractivity contribution in [1.29, 1.82) is 0 Å². The molecule has 3 rings (SSSR count). The summed E-state index contributed by atoms with van der Waals surface area (Å²) in [7, 11) is 0. The van der Waals surface area contributed by atoms with Crippen LogP contribution in [-0.2, 0) is 6.54 Å². The average molecular weight is 442 g/mol. The first kappa shape index (κ1) is 17.4. The van der Waals surface area contributed by atoms with Crippen molar-refractivity contribution in [2.24, 2.45) is 4.99 Å². The van der Waals surface area contributed by atoms with Gasteiger partial charge in [0.05, 0.1) is 17.1 Å². The predicted octanol–water partition coefficient (Wildman–Crippen LogP) is 5.41. The fraction of sp³-hybridized carbons (Fsp3) is 0.0588. The SMILES string of the molecule is O=C(N=c1sccn1Cc1ccccc1Cl)c1cc(Br)ccc1Cl. The van der Waals surface area contributed by atoms with Crippen LogP contribution in [0.15, 0.2) is 63.5 Å². The molecular formula is C17H11BrCl2N2OS. The molecule has 0 saturated heterocycles. The summed E-state index contributed by atoms with van der Waals surface area (Å²) in [4.78, 5) is 17.3. The second-order valence-corrected chi connectivity index (χ2v) is 7.55. The highest BCUT2D eigenvalue weighted by molar-refractivity contribution is 9.10. The standard InChI is InChI=1S/C17H11BrCl2N2OS/c18-12-5-6-15(20)13(9-12)16(23)21-17-22(7-8-24-17)10-11-3-1-2-4-14(11)19/h1-9H,10H2. The Morgan fingerprint density at radius 2 is 1.96 bits per heavy atom. The third-order valence-corrected chi connectivity index (χ3v) is 5.30. The molecular weight excluding hydrogens is 431 g/mol. The number of carbonyl (C=O) groups excluding carboxylic acids is 1. The zero-order chi connectivity index (χ0) is 17.1. The number of rotatable bonds is 3. The molecule has 0 spiro atoms. The monoisotopic (exact) mass is 440 g/mol. The fourth-order valence-electron chi connectivity index (χ4n) is 2.13. The van der Waals surface area contributed by atoms with Gasteiger partial charge in [-0.15, -0.1) is 11.3 Å². The van der Waals surface area contributed by atoms with Crippen LogP contribution < -0.4 is 4.80 Å². The molecule has 0 aliphatic rings. The van der Waals surface area contributed by atoms with E-state index in [1.807, 2.05) is 40.4 Å². The van der Waals surface area contributed by atoms with Crippen molar-refractivity contribution in [2.75, 3.05) is 0 Å². The Bertz CT molecular complexity index is 965. The van der Waals surface area contributed by atoms with Crippen LogP contribution in [0.3, 0.4) is 0 Å². The van der Waals surface area contributed by atoms with Gasteiger partial charge in [-0.1, -0.05) is 57.3 Å². The van der Waals surface area contributed by atoms with E-state index < -0.39 is 0 Å². The van der Waals surface area contributed by atoms with Crippen LogP contribution in [0.1, 0.15) is 15.9 Å². The molecule has 1 amide bonds. The molecule has 3 aromatic rings. The lowest BCUT2D eigenvalue weighted by molar-refractivity contribution is 0.0998.